The molecule has 2 aliphatic rings. The number of aromatic nitrogens is 3. The largest absolute Gasteiger partial charge is 0.419 e. The summed E-state index contributed by atoms with van der Waals surface area (Å²) in [6, 6.07) is 10.1. The summed E-state index contributed by atoms with van der Waals surface area (Å²) in [5, 5.41) is 3.43. The highest BCUT2D eigenvalue weighted by molar-refractivity contribution is 5.85. The lowest BCUT2D eigenvalue weighted by molar-refractivity contribution is -0.137. The van der Waals surface area contributed by atoms with E-state index in [1.54, 1.807) is 18.7 Å². The SMILES string of the molecule is CC1CCCN1c1nc2c(c(Nc3ccc(C(C)(C)C(N)=O)cc3)n1)CCN(c1ncccc1C(F)(F)F)CC2. The maximum absolute atomic E-state index is 13.8. The average Bonchev–Trinajstić information content (AvgIpc) is 3.22. The Morgan fingerprint density at radius 2 is 1.77 bits per heavy atom. The van der Waals surface area contributed by atoms with Crippen LogP contribution in [0.2, 0.25) is 0 Å². The van der Waals surface area contributed by atoms with Crippen molar-refractivity contribution in [3.05, 3.63) is 65.0 Å². The quantitative estimate of drug-likeness (QED) is 0.444. The topological polar surface area (TPSA) is 100 Å². The van der Waals surface area contributed by atoms with Gasteiger partial charge in [0.25, 0.3) is 0 Å². The zero-order chi connectivity index (χ0) is 28.7. The highest BCUT2D eigenvalue weighted by Gasteiger charge is 2.36. The molecule has 0 bridgehead atoms. The van der Waals surface area contributed by atoms with Crippen molar-refractivity contribution < 1.29 is 18.0 Å². The van der Waals surface area contributed by atoms with Crippen molar-refractivity contribution in [2.75, 3.05) is 34.8 Å². The van der Waals surface area contributed by atoms with Crippen molar-refractivity contribution >= 4 is 29.2 Å². The number of carbonyl (C=O) groups is 1. The zero-order valence-electron chi connectivity index (χ0n) is 22.9. The lowest BCUT2D eigenvalue weighted by atomic mass is 9.84. The monoisotopic (exact) mass is 553 g/mol. The van der Waals surface area contributed by atoms with Crippen LogP contribution in [0.3, 0.4) is 0 Å². The molecule has 1 fully saturated rings. The first-order valence-corrected chi connectivity index (χ1v) is 13.6. The number of anilines is 4. The van der Waals surface area contributed by atoms with Crippen LogP contribution >= 0.6 is 0 Å². The summed E-state index contributed by atoms with van der Waals surface area (Å²) in [7, 11) is 0. The van der Waals surface area contributed by atoms with Crippen LogP contribution < -0.4 is 20.9 Å². The fourth-order valence-corrected chi connectivity index (χ4v) is 5.38. The third-order valence-corrected chi connectivity index (χ3v) is 8.02. The van der Waals surface area contributed by atoms with Crippen LogP contribution in [0.15, 0.2) is 42.6 Å². The number of carbonyl (C=O) groups excluding carboxylic acids is 1. The number of hydrogen-bond donors (Lipinski definition) is 2. The summed E-state index contributed by atoms with van der Waals surface area (Å²) in [6.45, 7) is 7.26. The van der Waals surface area contributed by atoms with Gasteiger partial charge in [-0.25, -0.2) is 9.97 Å². The Bertz CT molecular complexity index is 1390. The summed E-state index contributed by atoms with van der Waals surface area (Å²) in [4.78, 5) is 29.7. The molecule has 1 atom stereocenters. The normalized spacial score (nSPS) is 17.9. The maximum Gasteiger partial charge on any atom is 0.419 e. The number of nitrogens with zero attached hydrogens (tertiary/aromatic N) is 5. The molecule has 1 saturated heterocycles. The van der Waals surface area contributed by atoms with E-state index in [9.17, 15) is 18.0 Å². The van der Waals surface area contributed by atoms with E-state index in [-0.39, 0.29) is 5.82 Å². The van der Waals surface area contributed by atoms with Crippen LogP contribution in [-0.4, -0.2) is 46.5 Å². The minimum Gasteiger partial charge on any atom is -0.369 e. The Morgan fingerprint density at radius 1 is 1.05 bits per heavy atom. The van der Waals surface area contributed by atoms with Gasteiger partial charge in [0.15, 0.2) is 0 Å². The minimum absolute atomic E-state index is 0.0636. The Morgan fingerprint density at radius 3 is 2.42 bits per heavy atom. The van der Waals surface area contributed by atoms with E-state index in [0.29, 0.717) is 43.7 Å². The van der Waals surface area contributed by atoms with Gasteiger partial charge in [0.2, 0.25) is 11.9 Å². The summed E-state index contributed by atoms with van der Waals surface area (Å²) in [6.07, 6.45) is -0.0896. The van der Waals surface area contributed by atoms with Crippen LogP contribution in [0.4, 0.5) is 36.4 Å². The molecule has 3 aromatic rings. The molecule has 0 aliphatic carbocycles. The Kier molecular flexibility index (Phi) is 7.32. The third kappa shape index (κ3) is 5.41. The van der Waals surface area contributed by atoms with Gasteiger partial charge in [-0.15, -0.1) is 0 Å². The summed E-state index contributed by atoms with van der Waals surface area (Å²) in [5.74, 6) is 0.788. The van der Waals surface area contributed by atoms with E-state index < -0.39 is 23.1 Å². The molecule has 0 saturated carbocycles. The predicted molar refractivity (Wildman–Crippen MR) is 149 cm³/mol. The number of pyridine rings is 1. The molecule has 5 rings (SSSR count). The molecule has 1 aromatic carbocycles. The lowest BCUT2D eigenvalue weighted by Crippen LogP contribution is -2.35. The van der Waals surface area contributed by atoms with Gasteiger partial charge in [-0.2, -0.15) is 18.2 Å². The number of rotatable bonds is 6. The number of fused-ring (bicyclic) bond motifs is 1. The van der Waals surface area contributed by atoms with E-state index >= 15 is 0 Å². The maximum atomic E-state index is 13.8. The van der Waals surface area contributed by atoms with Crippen LogP contribution in [-0.2, 0) is 29.2 Å². The number of alkyl halides is 3. The van der Waals surface area contributed by atoms with Gasteiger partial charge in [-0.3, -0.25) is 4.79 Å². The molecular weight excluding hydrogens is 519 g/mol. The van der Waals surface area contributed by atoms with Gasteiger partial charge in [0, 0.05) is 49.5 Å². The number of nitrogens with two attached hydrogens (primary N) is 1. The highest BCUT2D eigenvalue weighted by Crippen LogP contribution is 2.37. The third-order valence-electron chi connectivity index (χ3n) is 8.02. The highest BCUT2D eigenvalue weighted by atomic mass is 19.4. The van der Waals surface area contributed by atoms with E-state index in [1.807, 2.05) is 24.3 Å². The zero-order valence-corrected chi connectivity index (χ0v) is 22.9. The molecule has 8 nitrogen and oxygen atoms in total. The van der Waals surface area contributed by atoms with E-state index in [4.69, 9.17) is 15.7 Å². The van der Waals surface area contributed by atoms with Gasteiger partial charge < -0.3 is 20.9 Å². The molecule has 3 N–H and O–H groups in total. The molecule has 0 spiro atoms. The van der Waals surface area contributed by atoms with E-state index in [2.05, 4.69) is 22.1 Å². The van der Waals surface area contributed by atoms with Crippen molar-refractivity contribution in [2.24, 2.45) is 5.73 Å². The predicted octanol–water partition coefficient (Wildman–Crippen LogP) is 4.99. The second kappa shape index (κ2) is 10.6. The number of nitrogens with one attached hydrogen (secondary N) is 1. The number of amides is 1. The van der Waals surface area contributed by atoms with Gasteiger partial charge in [0.05, 0.1) is 16.7 Å². The summed E-state index contributed by atoms with van der Waals surface area (Å²) < 4.78 is 41.3. The first-order chi connectivity index (χ1) is 18.9. The first kappa shape index (κ1) is 27.7. The number of primary amides is 1. The van der Waals surface area contributed by atoms with Crippen LogP contribution in [0.5, 0.6) is 0 Å². The van der Waals surface area contributed by atoms with Crippen LogP contribution in [0, 0.1) is 0 Å². The average molecular weight is 554 g/mol. The second-order valence-corrected chi connectivity index (χ2v) is 11.0. The van der Waals surface area contributed by atoms with Crippen LogP contribution in [0.25, 0.3) is 0 Å². The second-order valence-electron chi connectivity index (χ2n) is 11.0. The Hall–Kier alpha value is -3.89. The Labute approximate surface area is 231 Å². The van der Waals surface area contributed by atoms with Crippen molar-refractivity contribution in [1.29, 1.82) is 0 Å². The number of hydrogen-bond acceptors (Lipinski definition) is 7. The molecule has 11 heteroatoms. The van der Waals surface area contributed by atoms with Crippen molar-refractivity contribution in [1.82, 2.24) is 15.0 Å². The van der Waals surface area contributed by atoms with Gasteiger partial charge >= 0.3 is 6.18 Å². The Balaban J connectivity index is 1.49. The summed E-state index contributed by atoms with van der Waals surface area (Å²) in [5.41, 5.74) is 7.30. The minimum atomic E-state index is -4.50. The van der Waals surface area contributed by atoms with Gasteiger partial charge in [-0.1, -0.05) is 12.1 Å². The van der Waals surface area contributed by atoms with Crippen molar-refractivity contribution in [2.45, 2.75) is 64.1 Å². The molecular formula is C29H34F3N7O. The standard InChI is InChI=1S/C29H34F3N7O/c1-18-6-5-15-39(18)27-36-23-13-17-38(25-22(29(30,31)32)7-4-14-34-25)16-12-21(23)24(37-27)35-20-10-8-19(9-11-20)28(2,3)26(33)40/h4,7-11,14,18H,5-6,12-13,15-17H2,1-3H3,(H2,33,40)(H,35,36,37). The molecule has 2 aliphatic heterocycles. The van der Waals surface area contributed by atoms with E-state index in [0.717, 1.165) is 48.0 Å². The van der Waals surface area contributed by atoms with Crippen LogP contribution in [0.1, 0.15) is 56.0 Å². The van der Waals surface area contributed by atoms with Gasteiger partial charge in [-0.05, 0) is 69.9 Å². The fourth-order valence-electron chi connectivity index (χ4n) is 5.38. The molecule has 212 valence electrons. The molecule has 0 radical (unpaired) electrons. The van der Waals surface area contributed by atoms with E-state index in [1.165, 1.54) is 12.3 Å². The lowest BCUT2D eigenvalue weighted by Gasteiger charge is -2.24. The fraction of sp³-hybridized carbons (Fsp3) is 0.448. The number of benzene rings is 1. The molecule has 2 aromatic heterocycles. The molecule has 40 heavy (non-hydrogen) atoms. The molecule has 1 unspecified atom stereocenters. The first-order valence-electron chi connectivity index (χ1n) is 13.6. The van der Waals surface area contributed by atoms with Crippen molar-refractivity contribution in [3.8, 4) is 0 Å². The molecule has 4 heterocycles. The summed E-state index contributed by atoms with van der Waals surface area (Å²) >= 11 is 0. The van der Waals surface area contributed by atoms with Crippen molar-refractivity contribution in [3.63, 3.8) is 0 Å². The smallest absolute Gasteiger partial charge is 0.369 e. The number of halogens is 3. The molecule has 1 amide bonds. The van der Waals surface area contributed by atoms with Gasteiger partial charge in [0.1, 0.15) is 11.6 Å².